The molecule has 0 amide bonds. The average Bonchev–Trinajstić information content (AvgIpc) is 2.41. The third-order valence-corrected chi connectivity index (χ3v) is 4.13. The first-order valence-electron chi connectivity index (χ1n) is 7.00. The molecule has 1 aliphatic heterocycles. The third kappa shape index (κ3) is 3.06. The zero-order chi connectivity index (χ0) is 14.0. The molecule has 19 heavy (non-hydrogen) atoms. The van der Waals surface area contributed by atoms with E-state index in [9.17, 15) is 9.90 Å². The molecule has 0 saturated carbocycles. The van der Waals surface area contributed by atoms with Crippen molar-refractivity contribution in [1.29, 1.82) is 0 Å². The number of piperidine rings is 1. The van der Waals surface area contributed by atoms with E-state index in [1.807, 2.05) is 6.92 Å². The number of aryl methyl sites for hydroxylation is 1. The molecule has 1 fully saturated rings. The van der Waals surface area contributed by atoms with E-state index >= 15 is 0 Å². The lowest BCUT2D eigenvalue weighted by Crippen LogP contribution is -2.39. The minimum Gasteiger partial charge on any atom is -0.478 e. The van der Waals surface area contributed by atoms with Crippen LogP contribution in [0.15, 0.2) is 12.1 Å². The molecule has 104 valence electrons. The maximum atomic E-state index is 11.2. The SMILES string of the molecule is CCc1cc(C(=O)O)cc(N2CCC(C)C(C)C2)n1. The number of anilines is 1. The number of nitrogens with zero attached hydrogens (tertiary/aromatic N) is 2. The van der Waals surface area contributed by atoms with Gasteiger partial charge in [0.15, 0.2) is 0 Å². The molecule has 2 atom stereocenters. The Morgan fingerprint density at radius 1 is 1.42 bits per heavy atom. The lowest BCUT2D eigenvalue weighted by Gasteiger charge is -2.36. The van der Waals surface area contributed by atoms with E-state index in [0.717, 1.165) is 43.4 Å². The third-order valence-electron chi connectivity index (χ3n) is 4.13. The van der Waals surface area contributed by atoms with Crippen LogP contribution in [0.25, 0.3) is 0 Å². The molecule has 2 unspecified atom stereocenters. The Morgan fingerprint density at radius 3 is 2.74 bits per heavy atom. The number of hydrogen-bond acceptors (Lipinski definition) is 3. The molecule has 1 aromatic heterocycles. The number of carboxylic acid groups (broad SMARTS) is 1. The zero-order valence-corrected chi connectivity index (χ0v) is 11.9. The number of hydrogen-bond donors (Lipinski definition) is 1. The summed E-state index contributed by atoms with van der Waals surface area (Å²) in [5.41, 5.74) is 1.19. The average molecular weight is 262 g/mol. The number of pyridine rings is 1. The van der Waals surface area contributed by atoms with Crippen molar-refractivity contribution in [3.05, 3.63) is 23.4 Å². The smallest absolute Gasteiger partial charge is 0.335 e. The van der Waals surface area contributed by atoms with Crippen LogP contribution in [0.3, 0.4) is 0 Å². The first-order chi connectivity index (χ1) is 9.01. The predicted octanol–water partition coefficient (Wildman–Crippen LogP) is 2.82. The molecule has 0 radical (unpaired) electrons. The summed E-state index contributed by atoms with van der Waals surface area (Å²) in [6.45, 7) is 8.45. The van der Waals surface area contributed by atoms with E-state index in [1.165, 1.54) is 0 Å². The summed E-state index contributed by atoms with van der Waals surface area (Å²) in [6, 6.07) is 3.37. The number of aromatic nitrogens is 1. The number of carbonyl (C=O) groups is 1. The van der Waals surface area contributed by atoms with Crippen LogP contribution in [0, 0.1) is 11.8 Å². The standard InChI is InChI=1S/C15H22N2O2/c1-4-13-7-12(15(18)19)8-14(16-13)17-6-5-10(2)11(3)9-17/h7-8,10-11H,4-6,9H2,1-3H3,(H,18,19). The largest absolute Gasteiger partial charge is 0.478 e. The summed E-state index contributed by atoms with van der Waals surface area (Å²) < 4.78 is 0. The first kappa shape index (κ1) is 13.8. The first-order valence-corrected chi connectivity index (χ1v) is 7.00. The number of aromatic carboxylic acids is 1. The van der Waals surface area contributed by atoms with Gasteiger partial charge in [-0.05, 0) is 36.8 Å². The van der Waals surface area contributed by atoms with Crippen molar-refractivity contribution >= 4 is 11.8 Å². The Kier molecular flexibility index (Phi) is 4.08. The highest BCUT2D eigenvalue weighted by Crippen LogP contribution is 2.26. The second-order valence-electron chi connectivity index (χ2n) is 5.55. The van der Waals surface area contributed by atoms with Gasteiger partial charge in [0.05, 0.1) is 5.56 Å². The topological polar surface area (TPSA) is 53.4 Å². The molecule has 4 nitrogen and oxygen atoms in total. The summed E-state index contributed by atoms with van der Waals surface area (Å²) in [5, 5.41) is 9.18. The minimum absolute atomic E-state index is 0.341. The quantitative estimate of drug-likeness (QED) is 0.910. The van der Waals surface area contributed by atoms with Crippen molar-refractivity contribution < 1.29 is 9.90 Å². The molecule has 0 bridgehead atoms. The predicted molar refractivity (Wildman–Crippen MR) is 75.7 cm³/mol. The van der Waals surface area contributed by atoms with E-state index in [0.29, 0.717) is 11.5 Å². The summed E-state index contributed by atoms with van der Waals surface area (Å²) in [5.74, 6) is 1.28. The lowest BCUT2D eigenvalue weighted by molar-refractivity contribution is 0.0696. The van der Waals surface area contributed by atoms with E-state index in [1.54, 1.807) is 12.1 Å². The second-order valence-corrected chi connectivity index (χ2v) is 5.55. The highest BCUT2D eigenvalue weighted by atomic mass is 16.4. The van der Waals surface area contributed by atoms with Crippen LogP contribution >= 0.6 is 0 Å². The van der Waals surface area contributed by atoms with Crippen molar-refractivity contribution in [1.82, 2.24) is 4.98 Å². The summed E-state index contributed by atoms with van der Waals surface area (Å²) in [4.78, 5) is 18.0. The summed E-state index contributed by atoms with van der Waals surface area (Å²) in [7, 11) is 0. The molecular weight excluding hydrogens is 240 g/mol. The van der Waals surface area contributed by atoms with Crippen LogP contribution in [0.5, 0.6) is 0 Å². The highest BCUT2D eigenvalue weighted by Gasteiger charge is 2.24. The summed E-state index contributed by atoms with van der Waals surface area (Å²) in [6.07, 6.45) is 1.90. The van der Waals surface area contributed by atoms with Crippen LogP contribution in [-0.4, -0.2) is 29.1 Å². The van der Waals surface area contributed by atoms with Gasteiger partial charge in [-0.3, -0.25) is 0 Å². The highest BCUT2D eigenvalue weighted by molar-refractivity contribution is 5.88. The van der Waals surface area contributed by atoms with Gasteiger partial charge in [0.25, 0.3) is 0 Å². The van der Waals surface area contributed by atoms with E-state index < -0.39 is 5.97 Å². The van der Waals surface area contributed by atoms with Gasteiger partial charge in [-0.1, -0.05) is 20.8 Å². The van der Waals surface area contributed by atoms with Crippen LogP contribution in [0.4, 0.5) is 5.82 Å². The van der Waals surface area contributed by atoms with Gasteiger partial charge < -0.3 is 10.0 Å². The van der Waals surface area contributed by atoms with E-state index in [4.69, 9.17) is 0 Å². The van der Waals surface area contributed by atoms with Gasteiger partial charge in [0.2, 0.25) is 0 Å². The molecule has 2 heterocycles. The fraction of sp³-hybridized carbons (Fsp3) is 0.600. The van der Waals surface area contributed by atoms with E-state index in [-0.39, 0.29) is 0 Å². The van der Waals surface area contributed by atoms with Gasteiger partial charge in [-0.25, -0.2) is 9.78 Å². The van der Waals surface area contributed by atoms with Crippen LogP contribution < -0.4 is 4.90 Å². The number of rotatable bonds is 3. The summed E-state index contributed by atoms with van der Waals surface area (Å²) >= 11 is 0. The molecule has 0 spiro atoms. The Balaban J connectivity index is 2.28. The van der Waals surface area contributed by atoms with Gasteiger partial charge in [0.1, 0.15) is 5.82 Å². The van der Waals surface area contributed by atoms with Gasteiger partial charge >= 0.3 is 5.97 Å². The Labute approximate surface area is 114 Å². The van der Waals surface area contributed by atoms with Crippen molar-refractivity contribution in [2.75, 3.05) is 18.0 Å². The molecule has 1 N–H and O–H groups in total. The van der Waals surface area contributed by atoms with Crippen molar-refractivity contribution in [2.45, 2.75) is 33.6 Å². The lowest BCUT2D eigenvalue weighted by atomic mass is 9.88. The zero-order valence-electron chi connectivity index (χ0n) is 11.9. The van der Waals surface area contributed by atoms with Crippen molar-refractivity contribution in [2.24, 2.45) is 11.8 Å². The Hall–Kier alpha value is -1.58. The van der Waals surface area contributed by atoms with Gasteiger partial charge in [0, 0.05) is 18.8 Å². The monoisotopic (exact) mass is 262 g/mol. The van der Waals surface area contributed by atoms with Gasteiger partial charge in [-0.15, -0.1) is 0 Å². The van der Waals surface area contributed by atoms with Crippen LogP contribution in [0.1, 0.15) is 43.2 Å². The molecule has 1 aromatic rings. The molecule has 1 saturated heterocycles. The maximum Gasteiger partial charge on any atom is 0.335 e. The van der Waals surface area contributed by atoms with E-state index in [2.05, 4.69) is 23.7 Å². The minimum atomic E-state index is -0.878. The van der Waals surface area contributed by atoms with Crippen molar-refractivity contribution in [3.63, 3.8) is 0 Å². The molecule has 0 aromatic carbocycles. The van der Waals surface area contributed by atoms with Crippen molar-refractivity contribution in [3.8, 4) is 0 Å². The fourth-order valence-electron chi connectivity index (χ4n) is 2.51. The maximum absolute atomic E-state index is 11.2. The molecule has 1 aliphatic rings. The molecular formula is C15H22N2O2. The Morgan fingerprint density at radius 2 is 2.16 bits per heavy atom. The normalized spacial score (nSPS) is 23.4. The van der Waals surface area contributed by atoms with Crippen LogP contribution in [-0.2, 0) is 6.42 Å². The molecule has 2 rings (SSSR count). The van der Waals surface area contributed by atoms with Crippen LogP contribution in [0.2, 0.25) is 0 Å². The number of carboxylic acids is 1. The molecule has 4 heteroatoms. The Bertz CT molecular complexity index is 473. The molecule has 0 aliphatic carbocycles. The second kappa shape index (κ2) is 5.59. The fourth-order valence-corrected chi connectivity index (χ4v) is 2.51. The van der Waals surface area contributed by atoms with Gasteiger partial charge in [-0.2, -0.15) is 0 Å².